The SMILES string of the molecule is COc1cc(C(=O)N[C@H](c2ccncc2)c2cc3ccccc3o2)on1. The van der Waals surface area contributed by atoms with Gasteiger partial charge in [-0.05, 0) is 35.0 Å². The highest BCUT2D eigenvalue weighted by molar-refractivity contribution is 5.92. The summed E-state index contributed by atoms with van der Waals surface area (Å²) in [7, 11) is 1.45. The smallest absolute Gasteiger partial charge is 0.290 e. The number of furan rings is 1. The van der Waals surface area contributed by atoms with Gasteiger partial charge in [0.15, 0.2) is 0 Å². The van der Waals surface area contributed by atoms with E-state index in [4.69, 9.17) is 13.7 Å². The quantitative estimate of drug-likeness (QED) is 0.594. The number of ether oxygens (including phenoxy) is 1. The van der Waals surface area contributed by atoms with Gasteiger partial charge in [-0.3, -0.25) is 9.78 Å². The van der Waals surface area contributed by atoms with Crippen molar-refractivity contribution in [3.05, 3.63) is 78.0 Å². The lowest BCUT2D eigenvalue weighted by Crippen LogP contribution is -2.28. The van der Waals surface area contributed by atoms with E-state index < -0.39 is 11.9 Å². The predicted molar refractivity (Wildman–Crippen MR) is 92.8 cm³/mol. The number of hydrogen-bond donors (Lipinski definition) is 1. The Hall–Kier alpha value is -3.61. The molecule has 0 aliphatic heterocycles. The van der Waals surface area contributed by atoms with Gasteiger partial charge in [-0.1, -0.05) is 18.2 Å². The monoisotopic (exact) mass is 349 g/mol. The van der Waals surface area contributed by atoms with Crippen LogP contribution in [0.4, 0.5) is 0 Å². The largest absolute Gasteiger partial charge is 0.479 e. The van der Waals surface area contributed by atoms with E-state index in [0.717, 1.165) is 16.5 Å². The number of nitrogens with zero attached hydrogens (tertiary/aromatic N) is 2. The third-order valence-corrected chi connectivity index (χ3v) is 3.97. The highest BCUT2D eigenvalue weighted by Crippen LogP contribution is 2.28. The van der Waals surface area contributed by atoms with Crippen molar-refractivity contribution in [1.82, 2.24) is 15.5 Å². The van der Waals surface area contributed by atoms with E-state index in [0.29, 0.717) is 5.76 Å². The molecule has 1 N–H and O–H groups in total. The van der Waals surface area contributed by atoms with Crippen molar-refractivity contribution in [2.45, 2.75) is 6.04 Å². The minimum absolute atomic E-state index is 0.0528. The maximum absolute atomic E-state index is 12.6. The molecular weight excluding hydrogens is 334 g/mol. The molecule has 1 atom stereocenters. The summed E-state index contributed by atoms with van der Waals surface area (Å²) in [5.41, 5.74) is 1.58. The van der Waals surface area contributed by atoms with Gasteiger partial charge in [0, 0.05) is 17.8 Å². The second kappa shape index (κ2) is 6.72. The van der Waals surface area contributed by atoms with E-state index >= 15 is 0 Å². The molecule has 7 nitrogen and oxygen atoms in total. The number of methoxy groups -OCH3 is 1. The summed E-state index contributed by atoms with van der Waals surface area (Å²) in [6, 6.07) is 14.1. The van der Waals surface area contributed by atoms with E-state index in [-0.39, 0.29) is 11.6 Å². The van der Waals surface area contributed by atoms with Crippen LogP contribution in [0.3, 0.4) is 0 Å². The molecule has 26 heavy (non-hydrogen) atoms. The van der Waals surface area contributed by atoms with Crippen molar-refractivity contribution in [3.8, 4) is 5.88 Å². The van der Waals surface area contributed by atoms with Crippen molar-refractivity contribution in [2.24, 2.45) is 0 Å². The third kappa shape index (κ3) is 3.02. The molecule has 3 aromatic heterocycles. The van der Waals surface area contributed by atoms with Crippen LogP contribution in [-0.2, 0) is 0 Å². The number of fused-ring (bicyclic) bond motifs is 1. The zero-order chi connectivity index (χ0) is 17.9. The van der Waals surface area contributed by atoms with E-state index in [2.05, 4.69) is 15.5 Å². The molecule has 0 aliphatic rings. The van der Waals surface area contributed by atoms with E-state index in [1.165, 1.54) is 13.2 Å². The van der Waals surface area contributed by atoms with Crippen LogP contribution in [0.5, 0.6) is 5.88 Å². The van der Waals surface area contributed by atoms with Crippen LogP contribution in [0.1, 0.15) is 27.9 Å². The number of hydrogen-bond acceptors (Lipinski definition) is 6. The first-order valence-electron chi connectivity index (χ1n) is 7.94. The van der Waals surface area contributed by atoms with Gasteiger partial charge in [0.2, 0.25) is 5.76 Å². The van der Waals surface area contributed by atoms with Crippen LogP contribution >= 0.6 is 0 Å². The zero-order valence-electron chi connectivity index (χ0n) is 13.9. The van der Waals surface area contributed by atoms with Gasteiger partial charge in [0.1, 0.15) is 17.4 Å². The molecule has 0 saturated heterocycles. The van der Waals surface area contributed by atoms with Gasteiger partial charge in [0.05, 0.1) is 13.2 Å². The van der Waals surface area contributed by atoms with Crippen molar-refractivity contribution >= 4 is 16.9 Å². The first-order chi connectivity index (χ1) is 12.7. The summed E-state index contributed by atoms with van der Waals surface area (Å²) in [5, 5.41) is 7.52. The number of carbonyl (C=O) groups is 1. The van der Waals surface area contributed by atoms with Crippen LogP contribution in [0, 0.1) is 0 Å². The van der Waals surface area contributed by atoms with Crippen LogP contribution in [0.15, 0.2) is 69.9 Å². The van der Waals surface area contributed by atoms with Gasteiger partial charge >= 0.3 is 0 Å². The number of pyridine rings is 1. The Kier molecular flexibility index (Phi) is 4.10. The van der Waals surface area contributed by atoms with Gasteiger partial charge in [-0.2, -0.15) is 0 Å². The molecule has 0 aliphatic carbocycles. The molecule has 0 radical (unpaired) electrons. The predicted octanol–water partition coefficient (Wildman–Crippen LogP) is 3.34. The summed E-state index contributed by atoms with van der Waals surface area (Å²) >= 11 is 0. The molecule has 0 saturated carbocycles. The fourth-order valence-electron chi connectivity index (χ4n) is 2.68. The molecule has 0 unspecified atom stereocenters. The number of carbonyl (C=O) groups excluding carboxylic acids is 1. The maximum atomic E-state index is 12.6. The second-order valence-electron chi connectivity index (χ2n) is 5.61. The lowest BCUT2D eigenvalue weighted by atomic mass is 10.1. The topological polar surface area (TPSA) is 90.4 Å². The molecule has 7 heteroatoms. The summed E-state index contributed by atoms with van der Waals surface area (Å²) in [5.74, 6) is 0.469. The molecular formula is C19H15N3O4. The minimum Gasteiger partial charge on any atom is -0.479 e. The molecule has 1 amide bonds. The molecule has 1 aromatic carbocycles. The van der Waals surface area contributed by atoms with Crippen LogP contribution in [-0.4, -0.2) is 23.2 Å². The summed E-state index contributed by atoms with van der Waals surface area (Å²) in [4.78, 5) is 16.6. The maximum Gasteiger partial charge on any atom is 0.290 e. The van der Waals surface area contributed by atoms with Crippen LogP contribution in [0.25, 0.3) is 11.0 Å². The molecule has 0 bridgehead atoms. The highest BCUT2D eigenvalue weighted by atomic mass is 16.5. The average Bonchev–Trinajstić information content (AvgIpc) is 3.33. The van der Waals surface area contributed by atoms with Gasteiger partial charge in [0.25, 0.3) is 11.8 Å². The third-order valence-electron chi connectivity index (χ3n) is 3.97. The molecule has 0 spiro atoms. The highest BCUT2D eigenvalue weighted by Gasteiger charge is 2.24. The van der Waals surface area contributed by atoms with E-state index in [1.807, 2.05) is 42.5 Å². The zero-order valence-corrected chi connectivity index (χ0v) is 13.9. The van der Waals surface area contributed by atoms with Gasteiger partial charge in [-0.25, -0.2) is 0 Å². The van der Waals surface area contributed by atoms with Crippen molar-refractivity contribution in [2.75, 3.05) is 7.11 Å². The average molecular weight is 349 g/mol. The lowest BCUT2D eigenvalue weighted by molar-refractivity contribution is 0.0901. The molecule has 4 rings (SSSR count). The second-order valence-corrected chi connectivity index (χ2v) is 5.61. The molecule has 0 fully saturated rings. The van der Waals surface area contributed by atoms with Gasteiger partial charge < -0.3 is 19.0 Å². The number of amides is 1. The fourth-order valence-corrected chi connectivity index (χ4v) is 2.68. The Morgan fingerprint density at radius 1 is 1.15 bits per heavy atom. The summed E-state index contributed by atoms with van der Waals surface area (Å²) < 4.78 is 15.9. The molecule has 3 heterocycles. The van der Waals surface area contributed by atoms with Gasteiger partial charge in [-0.15, -0.1) is 0 Å². The number of nitrogens with one attached hydrogen (secondary N) is 1. The van der Waals surface area contributed by atoms with E-state index in [1.54, 1.807) is 12.4 Å². The normalized spacial score (nSPS) is 12.0. The Morgan fingerprint density at radius 3 is 2.69 bits per heavy atom. The fraction of sp³-hybridized carbons (Fsp3) is 0.105. The van der Waals surface area contributed by atoms with E-state index in [9.17, 15) is 4.79 Å². The number of para-hydroxylation sites is 1. The Balaban J connectivity index is 1.70. The summed E-state index contributed by atoms with van der Waals surface area (Å²) in [6.07, 6.45) is 3.32. The van der Waals surface area contributed by atoms with Crippen molar-refractivity contribution in [3.63, 3.8) is 0 Å². The Labute approximate surface area is 148 Å². The standard InChI is InChI=1S/C19H15N3O4/c1-24-17-11-16(26-22-17)19(23)21-18(12-6-8-20-9-7-12)15-10-13-4-2-3-5-14(13)25-15/h2-11,18H,1H3,(H,21,23)/t18-/m1/s1. The first kappa shape index (κ1) is 15.9. The minimum atomic E-state index is -0.506. The Bertz CT molecular complexity index is 1010. The van der Waals surface area contributed by atoms with Crippen molar-refractivity contribution < 1.29 is 18.5 Å². The Morgan fingerprint density at radius 2 is 1.96 bits per heavy atom. The number of aromatic nitrogens is 2. The summed E-state index contributed by atoms with van der Waals surface area (Å²) in [6.45, 7) is 0. The van der Waals surface area contributed by atoms with Crippen LogP contribution in [0.2, 0.25) is 0 Å². The first-order valence-corrected chi connectivity index (χ1v) is 7.94. The van der Waals surface area contributed by atoms with Crippen molar-refractivity contribution in [1.29, 1.82) is 0 Å². The molecule has 130 valence electrons. The number of rotatable bonds is 5. The molecule has 4 aromatic rings. The lowest BCUT2D eigenvalue weighted by Gasteiger charge is -2.16. The number of benzene rings is 1. The van der Waals surface area contributed by atoms with Crippen LogP contribution < -0.4 is 10.1 Å².